The minimum atomic E-state index is 0.245. The van der Waals surface area contributed by atoms with Crippen LogP contribution in [-0.2, 0) is 0 Å². The maximum absolute atomic E-state index is 11.5. The molecule has 0 bridgehead atoms. The number of allylic oxidation sites excluding steroid dienone is 4. The van der Waals surface area contributed by atoms with E-state index >= 15 is 0 Å². The minimum Gasteiger partial charge on any atom is -0.298 e. The molecule has 18 heavy (non-hydrogen) atoms. The fourth-order valence-corrected chi connectivity index (χ4v) is 2.64. The number of benzene rings is 2. The molecule has 0 spiro atoms. The van der Waals surface area contributed by atoms with E-state index in [1.54, 1.807) is 0 Å². The molecule has 0 radical (unpaired) electrons. The largest absolute Gasteiger partial charge is 0.298 e. The molecule has 0 saturated carbocycles. The van der Waals surface area contributed by atoms with Gasteiger partial charge in [0.2, 0.25) is 0 Å². The van der Waals surface area contributed by atoms with Crippen LogP contribution in [0.2, 0.25) is 0 Å². The highest BCUT2D eigenvalue weighted by molar-refractivity contribution is 6.00. The Morgan fingerprint density at radius 2 is 1.94 bits per heavy atom. The average Bonchev–Trinajstić information content (AvgIpc) is 2.83. The van der Waals surface area contributed by atoms with Gasteiger partial charge in [-0.2, -0.15) is 0 Å². The van der Waals surface area contributed by atoms with E-state index in [0.717, 1.165) is 28.2 Å². The topological polar surface area (TPSA) is 17.1 Å². The molecule has 0 heterocycles. The van der Waals surface area contributed by atoms with Crippen LogP contribution in [0, 0.1) is 0 Å². The Bertz CT molecular complexity index is 677. The highest BCUT2D eigenvalue weighted by Gasteiger charge is 2.18. The summed E-state index contributed by atoms with van der Waals surface area (Å²) in [5, 5.41) is 2.16. The van der Waals surface area contributed by atoms with Crippen LogP contribution < -0.4 is 0 Å². The van der Waals surface area contributed by atoms with Gasteiger partial charge < -0.3 is 0 Å². The summed E-state index contributed by atoms with van der Waals surface area (Å²) in [7, 11) is 0. The second kappa shape index (κ2) is 4.26. The lowest BCUT2D eigenvalue weighted by atomic mass is 9.88. The van der Waals surface area contributed by atoms with Crippen molar-refractivity contribution in [3.63, 3.8) is 0 Å². The number of rotatable bonds is 2. The lowest BCUT2D eigenvalue weighted by Gasteiger charge is -2.15. The Morgan fingerprint density at radius 3 is 2.67 bits per heavy atom. The van der Waals surface area contributed by atoms with Gasteiger partial charge in [0.1, 0.15) is 0 Å². The van der Waals surface area contributed by atoms with Gasteiger partial charge in [0.15, 0.2) is 6.29 Å². The second-order valence-electron chi connectivity index (χ2n) is 4.68. The second-order valence-corrected chi connectivity index (χ2v) is 4.68. The standard InChI is InChI=1S/C17H14O/c1-12-5-4-8-14(12)16-10-9-13-6-2-3-7-15(13)17(16)11-18/h2-11,14H,1H3. The molecule has 3 rings (SSSR count). The third-order valence-corrected chi connectivity index (χ3v) is 3.61. The van der Waals surface area contributed by atoms with Gasteiger partial charge in [-0.15, -0.1) is 0 Å². The highest BCUT2D eigenvalue weighted by atomic mass is 16.1. The molecule has 1 nitrogen and oxygen atoms in total. The lowest BCUT2D eigenvalue weighted by Crippen LogP contribution is -2.00. The summed E-state index contributed by atoms with van der Waals surface area (Å²) in [6, 6.07) is 12.2. The fourth-order valence-electron chi connectivity index (χ4n) is 2.64. The van der Waals surface area contributed by atoms with Gasteiger partial charge in [0.25, 0.3) is 0 Å². The van der Waals surface area contributed by atoms with Gasteiger partial charge in [0.05, 0.1) is 0 Å². The van der Waals surface area contributed by atoms with E-state index in [2.05, 4.69) is 37.3 Å². The highest BCUT2D eigenvalue weighted by Crippen LogP contribution is 2.34. The van der Waals surface area contributed by atoms with Crippen LogP contribution in [0.3, 0.4) is 0 Å². The van der Waals surface area contributed by atoms with Crippen molar-refractivity contribution >= 4 is 17.1 Å². The SMILES string of the molecule is CC1=CC=CC1c1ccc2ccccc2c1C=O. The molecule has 0 aromatic heterocycles. The molecule has 88 valence electrons. The number of aldehydes is 1. The van der Waals surface area contributed by atoms with E-state index < -0.39 is 0 Å². The van der Waals surface area contributed by atoms with Crippen molar-refractivity contribution in [1.82, 2.24) is 0 Å². The molecule has 1 atom stereocenters. The average molecular weight is 234 g/mol. The zero-order chi connectivity index (χ0) is 12.5. The quantitative estimate of drug-likeness (QED) is 0.710. The molecular formula is C17H14O. The zero-order valence-corrected chi connectivity index (χ0v) is 10.3. The van der Waals surface area contributed by atoms with Crippen LogP contribution in [0.15, 0.2) is 60.2 Å². The van der Waals surface area contributed by atoms with Crippen molar-refractivity contribution in [2.24, 2.45) is 0 Å². The van der Waals surface area contributed by atoms with E-state index in [1.165, 1.54) is 5.57 Å². The Hall–Kier alpha value is -2.15. The molecule has 0 saturated heterocycles. The van der Waals surface area contributed by atoms with E-state index in [4.69, 9.17) is 0 Å². The van der Waals surface area contributed by atoms with Crippen LogP contribution in [0.1, 0.15) is 28.8 Å². The minimum absolute atomic E-state index is 0.245. The molecule has 1 aliphatic rings. The molecule has 0 N–H and O–H groups in total. The first-order valence-corrected chi connectivity index (χ1v) is 6.13. The van der Waals surface area contributed by atoms with E-state index in [-0.39, 0.29) is 5.92 Å². The molecule has 1 aliphatic carbocycles. The molecule has 0 fully saturated rings. The molecule has 1 heteroatoms. The Morgan fingerprint density at radius 1 is 1.11 bits per heavy atom. The first-order valence-electron chi connectivity index (χ1n) is 6.13. The first kappa shape index (κ1) is 11.0. The molecule has 2 aromatic carbocycles. The summed E-state index contributed by atoms with van der Waals surface area (Å²) in [5.41, 5.74) is 3.21. The van der Waals surface area contributed by atoms with Crippen LogP contribution in [0.4, 0.5) is 0 Å². The zero-order valence-electron chi connectivity index (χ0n) is 10.3. The van der Waals surface area contributed by atoms with Gasteiger partial charge in [0, 0.05) is 11.5 Å². The molecular weight excluding hydrogens is 220 g/mol. The number of carbonyl (C=O) groups is 1. The van der Waals surface area contributed by atoms with Crippen molar-refractivity contribution in [2.45, 2.75) is 12.8 Å². The van der Waals surface area contributed by atoms with Gasteiger partial charge in [-0.25, -0.2) is 0 Å². The molecule has 0 aliphatic heterocycles. The molecule has 2 aromatic rings. The van der Waals surface area contributed by atoms with Crippen molar-refractivity contribution in [2.75, 3.05) is 0 Å². The number of carbonyl (C=O) groups excluding carboxylic acids is 1. The summed E-state index contributed by atoms with van der Waals surface area (Å²) < 4.78 is 0. The predicted octanol–water partition coefficient (Wildman–Crippen LogP) is 4.25. The Labute approximate surface area is 106 Å². The third kappa shape index (κ3) is 1.60. The Kier molecular flexibility index (Phi) is 2.60. The van der Waals surface area contributed by atoms with Gasteiger partial charge in [-0.1, -0.05) is 60.2 Å². The summed E-state index contributed by atoms with van der Waals surface area (Å²) in [5.74, 6) is 0.245. The predicted molar refractivity (Wildman–Crippen MR) is 75.0 cm³/mol. The number of fused-ring (bicyclic) bond motifs is 1. The van der Waals surface area contributed by atoms with E-state index in [1.807, 2.05) is 24.3 Å². The summed E-state index contributed by atoms with van der Waals surface area (Å²) >= 11 is 0. The van der Waals surface area contributed by atoms with Gasteiger partial charge in [-0.05, 0) is 23.3 Å². The number of hydrogen-bond acceptors (Lipinski definition) is 1. The fraction of sp³-hybridized carbons (Fsp3) is 0.118. The van der Waals surface area contributed by atoms with Crippen molar-refractivity contribution in [3.05, 3.63) is 71.3 Å². The van der Waals surface area contributed by atoms with Crippen LogP contribution in [0.25, 0.3) is 10.8 Å². The van der Waals surface area contributed by atoms with Crippen molar-refractivity contribution in [1.29, 1.82) is 0 Å². The maximum atomic E-state index is 11.5. The molecule has 1 unspecified atom stereocenters. The van der Waals surface area contributed by atoms with E-state index in [9.17, 15) is 4.79 Å². The third-order valence-electron chi connectivity index (χ3n) is 3.61. The smallest absolute Gasteiger partial charge is 0.150 e. The first-order chi connectivity index (χ1) is 8.81. The summed E-state index contributed by atoms with van der Waals surface area (Å²) in [4.78, 5) is 11.5. The maximum Gasteiger partial charge on any atom is 0.150 e. The number of hydrogen-bond donors (Lipinski definition) is 0. The van der Waals surface area contributed by atoms with Gasteiger partial charge >= 0.3 is 0 Å². The lowest BCUT2D eigenvalue weighted by molar-refractivity contribution is 0.112. The van der Waals surface area contributed by atoms with Crippen molar-refractivity contribution < 1.29 is 4.79 Å². The normalized spacial score (nSPS) is 18.1. The molecule has 0 amide bonds. The van der Waals surface area contributed by atoms with Crippen LogP contribution in [-0.4, -0.2) is 6.29 Å². The Balaban J connectivity index is 2.27. The van der Waals surface area contributed by atoms with Crippen molar-refractivity contribution in [3.8, 4) is 0 Å². The van der Waals surface area contributed by atoms with Crippen LogP contribution in [0.5, 0.6) is 0 Å². The monoisotopic (exact) mass is 234 g/mol. The summed E-state index contributed by atoms with van der Waals surface area (Å²) in [6.07, 6.45) is 7.29. The van der Waals surface area contributed by atoms with E-state index in [0.29, 0.717) is 0 Å². The van der Waals surface area contributed by atoms with Gasteiger partial charge in [-0.3, -0.25) is 4.79 Å². The van der Waals surface area contributed by atoms with Crippen LogP contribution >= 0.6 is 0 Å². The summed E-state index contributed by atoms with van der Waals surface area (Å²) in [6.45, 7) is 2.11.